The Morgan fingerprint density at radius 2 is 1.92 bits per heavy atom. The molecule has 0 aliphatic carbocycles. The first-order valence-electron chi connectivity index (χ1n) is 8.54. The Bertz CT molecular complexity index is 874. The van der Waals surface area contributed by atoms with Gasteiger partial charge < -0.3 is 14.6 Å². The van der Waals surface area contributed by atoms with Crippen LogP contribution in [-0.2, 0) is 24.3 Å². The molecule has 0 bridgehead atoms. The number of nitrogens with zero attached hydrogens (tertiary/aromatic N) is 1. The lowest BCUT2D eigenvalue weighted by Crippen LogP contribution is -2.31. The third-order valence-corrected chi connectivity index (χ3v) is 4.87. The number of aryl methyl sites for hydroxylation is 3. The van der Waals surface area contributed by atoms with Crippen LogP contribution in [0.3, 0.4) is 0 Å². The highest BCUT2D eigenvalue weighted by Gasteiger charge is 2.22. The van der Waals surface area contributed by atoms with Gasteiger partial charge in [-0.25, -0.2) is 0 Å². The Hall–Kier alpha value is -2.11. The molecule has 2 rings (SSSR count). The molecule has 1 aromatic carbocycles. The molecular formula is C20H25ClN2O3. The van der Waals surface area contributed by atoms with Crippen LogP contribution in [0.15, 0.2) is 23.0 Å². The number of halogens is 1. The fourth-order valence-corrected chi connectivity index (χ4v) is 3.35. The van der Waals surface area contributed by atoms with E-state index >= 15 is 0 Å². The number of carbonyl (C=O) groups is 1. The third kappa shape index (κ3) is 4.17. The van der Waals surface area contributed by atoms with Gasteiger partial charge in [0, 0.05) is 25.4 Å². The maximum atomic E-state index is 13.1. The smallest absolute Gasteiger partial charge is 0.255 e. The minimum atomic E-state index is -0.204. The van der Waals surface area contributed by atoms with Gasteiger partial charge in [0.05, 0.1) is 23.7 Å². The molecule has 6 heteroatoms. The monoisotopic (exact) mass is 376 g/mol. The molecule has 0 unspecified atom stereocenters. The van der Waals surface area contributed by atoms with Crippen molar-refractivity contribution in [3.05, 3.63) is 67.1 Å². The van der Waals surface area contributed by atoms with Gasteiger partial charge >= 0.3 is 0 Å². The second-order valence-corrected chi connectivity index (χ2v) is 6.84. The largest absolute Gasteiger partial charge is 0.380 e. The molecular weight excluding hydrogens is 352 g/mol. The maximum absolute atomic E-state index is 13.1. The van der Waals surface area contributed by atoms with Gasteiger partial charge in [-0.2, -0.15) is 0 Å². The fourth-order valence-electron chi connectivity index (χ4n) is 3.03. The number of aromatic nitrogens is 1. The van der Waals surface area contributed by atoms with Gasteiger partial charge in [-0.05, 0) is 43.0 Å². The minimum Gasteiger partial charge on any atom is -0.380 e. The molecule has 0 spiro atoms. The van der Waals surface area contributed by atoms with Crippen LogP contribution in [0.4, 0.5) is 0 Å². The van der Waals surface area contributed by atoms with Crippen molar-refractivity contribution in [1.29, 1.82) is 0 Å². The summed E-state index contributed by atoms with van der Waals surface area (Å²) in [5.74, 6) is -0.204. The molecule has 0 fully saturated rings. The number of nitrogens with one attached hydrogen (secondary N) is 1. The SMILES string of the molecule is CCc1ccc(COC)c(Cl)c1C(=O)N(C)Cc1c(C)cc(C)[nH]c1=O. The average molecular weight is 377 g/mol. The van der Waals surface area contributed by atoms with Crippen LogP contribution in [0.2, 0.25) is 5.02 Å². The van der Waals surface area contributed by atoms with E-state index in [2.05, 4.69) is 4.98 Å². The van der Waals surface area contributed by atoms with Gasteiger partial charge in [0.2, 0.25) is 0 Å². The molecule has 0 atom stereocenters. The Morgan fingerprint density at radius 1 is 1.27 bits per heavy atom. The first-order chi connectivity index (χ1) is 12.3. The lowest BCUT2D eigenvalue weighted by atomic mass is 10.0. The molecule has 0 aliphatic heterocycles. The summed E-state index contributed by atoms with van der Waals surface area (Å²) < 4.78 is 5.16. The number of carbonyl (C=O) groups excluding carboxylic acids is 1. The standard InChI is InChI=1S/C20H25ClN2O3/c1-6-14-7-8-15(11-26-5)18(21)17(14)20(25)23(4)10-16-12(2)9-13(3)22-19(16)24/h7-9H,6,10-11H2,1-5H3,(H,22,24). The number of rotatable bonds is 6. The molecule has 1 aromatic heterocycles. The maximum Gasteiger partial charge on any atom is 0.255 e. The fraction of sp³-hybridized carbons (Fsp3) is 0.400. The minimum absolute atomic E-state index is 0.169. The van der Waals surface area contributed by atoms with E-state index < -0.39 is 0 Å². The highest BCUT2D eigenvalue weighted by Crippen LogP contribution is 2.27. The summed E-state index contributed by atoms with van der Waals surface area (Å²) in [6, 6.07) is 5.69. The topological polar surface area (TPSA) is 62.4 Å². The summed E-state index contributed by atoms with van der Waals surface area (Å²) in [6.45, 7) is 6.24. The lowest BCUT2D eigenvalue weighted by molar-refractivity contribution is 0.0783. The zero-order valence-corrected chi connectivity index (χ0v) is 16.7. The number of benzene rings is 1. The normalized spacial score (nSPS) is 10.8. The molecule has 1 N–H and O–H groups in total. The van der Waals surface area contributed by atoms with Crippen LogP contribution in [0.5, 0.6) is 0 Å². The van der Waals surface area contributed by atoms with Crippen molar-refractivity contribution in [2.45, 2.75) is 40.3 Å². The second-order valence-electron chi connectivity index (χ2n) is 6.46. The number of ether oxygens (including phenoxy) is 1. The van der Waals surface area contributed by atoms with Crippen LogP contribution < -0.4 is 5.56 Å². The third-order valence-electron chi connectivity index (χ3n) is 4.44. The van der Waals surface area contributed by atoms with Gasteiger partial charge in [0.25, 0.3) is 11.5 Å². The molecule has 0 radical (unpaired) electrons. The molecule has 140 valence electrons. The van der Waals surface area contributed by atoms with E-state index in [-0.39, 0.29) is 18.0 Å². The second kappa shape index (κ2) is 8.52. The molecule has 1 amide bonds. The van der Waals surface area contributed by atoms with Crippen molar-refractivity contribution in [2.24, 2.45) is 0 Å². The van der Waals surface area contributed by atoms with Crippen molar-refractivity contribution < 1.29 is 9.53 Å². The van der Waals surface area contributed by atoms with Crippen molar-refractivity contribution in [2.75, 3.05) is 14.2 Å². The molecule has 1 heterocycles. The van der Waals surface area contributed by atoms with E-state index in [1.807, 2.05) is 39.0 Å². The van der Waals surface area contributed by atoms with E-state index in [0.717, 1.165) is 22.4 Å². The van der Waals surface area contributed by atoms with E-state index in [1.54, 1.807) is 14.2 Å². The number of amides is 1. The Balaban J connectivity index is 2.40. The van der Waals surface area contributed by atoms with E-state index in [4.69, 9.17) is 16.3 Å². The van der Waals surface area contributed by atoms with Crippen molar-refractivity contribution in [3.63, 3.8) is 0 Å². The predicted octanol–water partition coefficient (Wildman–Crippen LogP) is 3.63. The first-order valence-corrected chi connectivity index (χ1v) is 8.91. The number of pyridine rings is 1. The molecule has 2 aromatic rings. The molecule has 0 aliphatic rings. The van der Waals surface area contributed by atoms with E-state index in [1.165, 1.54) is 4.90 Å². The number of hydrogen-bond donors (Lipinski definition) is 1. The number of aromatic amines is 1. The van der Waals surface area contributed by atoms with Crippen molar-refractivity contribution in [3.8, 4) is 0 Å². The summed E-state index contributed by atoms with van der Waals surface area (Å²) in [5, 5.41) is 0.414. The van der Waals surface area contributed by atoms with Gasteiger partial charge in [0.1, 0.15) is 0 Å². The lowest BCUT2D eigenvalue weighted by Gasteiger charge is -2.21. The summed E-state index contributed by atoms with van der Waals surface area (Å²) in [4.78, 5) is 29.7. The van der Waals surface area contributed by atoms with E-state index in [9.17, 15) is 9.59 Å². The van der Waals surface area contributed by atoms with Gasteiger partial charge in [-0.15, -0.1) is 0 Å². The summed E-state index contributed by atoms with van der Waals surface area (Å²) in [6.07, 6.45) is 0.687. The Labute approximate surface area is 158 Å². The Morgan fingerprint density at radius 3 is 2.50 bits per heavy atom. The average Bonchev–Trinajstić information content (AvgIpc) is 2.59. The highest BCUT2D eigenvalue weighted by atomic mass is 35.5. The quantitative estimate of drug-likeness (QED) is 0.837. The molecule has 0 saturated heterocycles. The number of H-pyrrole nitrogens is 1. The summed E-state index contributed by atoms with van der Waals surface area (Å²) >= 11 is 6.50. The number of hydrogen-bond acceptors (Lipinski definition) is 3. The van der Waals surface area contributed by atoms with Crippen LogP contribution in [-0.4, -0.2) is 29.9 Å². The van der Waals surface area contributed by atoms with Gasteiger partial charge in [0.15, 0.2) is 0 Å². The predicted molar refractivity (Wildman–Crippen MR) is 104 cm³/mol. The van der Waals surface area contributed by atoms with Crippen molar-refractivity contribution >= 4 is 17.5 Å². The first kappa shape index (κ1) is 20.2. The van der Waals surface area contributed by atoms with Crippen LogP contribution in [0, 0.1) is 13.8 Å². The van der Waals surface area contributed by atoms with E-state index in [0.29, 0.717) is 29.2 Å². The zero-order chi connectivity index (χ0) is 19.4. The van der Waals surface area contributed by atoms with Crippen LogP contribution in [0.1, 0.15) is 45.2 Å². The van der Waals surface area contributed by atoms with Gasteiger partial charge in [-0.1, -0.05) is 30.7 Å². The molecule has 0 saturated carbocycles. The highest BCUT2D eigenvalue weighted by molar-refractivity contribution is 6.34. The Kier molecular flexibility index (Phi) is 6.62. The van der Waals surface area contributed by atoms with Crippen molar-refractivity contribution in [1.82, 2.24) is 9.88 Å². The zero-order valence-electron chi connectivity index (χ0n) is 15.9. The van der Waals surface area contributed by atoms with Crippen LogP contribution in [0.25, 0.3) is 0 Å². The summed E-state index contributed by atoms with van der Waals surface area (Å²) in [5.41, 5.74) is 4.20. The molecule has 26 heavy (non-hydrogen) atoms. The number of methoxy groups -OCH3 is 1. The van der Waals surface area contributed by atoms with Gasteiger partial charge in [-0.3, -0.25) is 9.59 Å². The summed E-state index contributed by atoms with van der Waals surface area (Å²) in [7, 11) is 3.27. The van der Waals surface area contributed by atoms with Crippen LogP contribution >= 0.6 is 11.6 Å². The molecule has 5 nitrogen and oxygen atoms in total.